The third-order valence-electron chi connectivity index (χ3n) is 5.03. The molecule has 1 aliphatic rings. The maximum absolute atomic E-state index is 14.2. The second-order valence-corrected chi connectivity index (χ2v) is 6.88. The van der Waals surface area contributed by atoms with Crippen molar-refractivity contribution in [2.75, 3.05) is 6.61 Å². The smallest absolute Gasteiger partial charge is 0.190 e. The van der Waals surface area contributed by atoms with Crippen LogP contribution in [0.15, 0.2) is 12.1 Å². The molecule has 1 fully saturated rings. The SMILES string of the molecule is CCCCCOc1c(F)cc([C@H]2CC[C@H](CCC)CC2)cc1F. The van der Waals surface area contributed by atoms with Crippen molar-refractivity contribution in [3.63, 3.8) is 0 Å². The van der Waals surface area contributed by atoms with E-state index in [0.717, 1.165) is 43.6 Å². The largest absolute Gasteiger partial charge is 0.488 e. The number of rotatable bonds is 8. The van der Waals surface area contributed by atoms with Gasteiger partial charge in [-0.3, -0.25) is 0 Å². The highest BCUT2D eigenvalue weighted by atomic mass is 19.1. The summed E-state index contributed by atoms with van der Waals surface area (Å²) in [4.78, 5) is 0. The molecule has 0 radical (unpaired) electrons. The van der Waals surface area contributed by atoms with Crippen molar-refractivity contribution in [1.29, 1.82) is 0 Å². The van der Waals surface area contributed by atoms with Gasteiger partial charge in [0.2, 0.25) is 0 Å². The molecule has 1 aromatic carbocycles. The Kier molecular flexibility index (Phi) is 7.32. The first-order valence-electron chi connectivity index (χ1n) is 9.27. The molecule has 1 nitrogen and oxygen atoms in total. The van der Waals surface area contributed by atoms with Crippen LogP contribution in [0.1, 0.15) is 83.1 Å². The predicted octanol–water partition coefficient (Wildman–Crippen LogP) is 6.61. The first kappa shape index (κ1) is 18.2. The van der Waals surface area contributed by atoms with Gasteiger partial charge in [0.1, 0.15) is 0 Å². The van der Waals surface area contributed by atoms with E-state index >= 15 is 0 Å². The van der Waals surface area contributed by atoms with Crippen molar-refractivity contribution in [3.05, 3.63) is 29.3 Å². The Hall–Kier alpha value is -1.12. The van der Waals surface area contributed by atoms with Gasteiger partial charge in [0.25, 0.3) is 0 Å². The minimum Gasteiger partial charge on any atom is -0.488 e. The van der Waals surface area contributed by atoms with Gasteiger partial charge in [-0.1, -0.05) is 39.5 Å². The molecular weight excluding hydrogens is 294 g/mol. The van der Waals surface area contributed by atoms with Gasteiger partial charge in [0.05, 0.1) is 6.61 Å². The molecule has 0 heterocycles. The Morgan fingerprint density at radius 1 is 0.957 bits per heavy atom. The van der Waals surface area contributed by atoms with Crippen molar-refractivity contribution < 1.29 is 13.5 Å². The van der Waals surface area contributed by atoms with E-state index in [9.17, 15) is 8.78 Å². The molecule has 0 amide bonds. The summed E-state index contributed by atoms with van der Waals surface area (Å²) in [6.45, 7) is 4.68. The first-order valence-corrected chi connectivity index (χ1v) is 9.27. The lowest BCUT2D eigenvalue weighted by Crippen LogP contribution is -2.14. The van der Waals surface area contributed by atoms with Gasteiger partial charge < -0.3 is 4.74 Å². The van der Waals surface area contributed by atoms with E-state index in [2.05, 4.69) is 13.8 Å². The summed E-state index contributed by atoms with van der Waals surface area (Å²) in [5.74, 6) is -0.211. The minimum absolute atomic E-state index is 0.204. The van der Waals surface area contributed by atoms with Crippen LogP contribution < -0.4 is 4.74 Å². The topological polar surface area (TPSA) is 9.23 Å². The van der Waals surface area contributed by atoms with Gasteiger partial charge in [-0.2, -0.15) is 0 Å². The molecule has 1 aromatic rings. The van der Waals surface area contributed by atoms with Crippen LogP contribution in [-0.4, -0.2) is 6.61 Å². The zero-order valence-electron chi connectivity index (χ0n) is 14.5. The number of ether oxygens (including phenoxy) is 1. The summed E-state index contributed by atoms with van der Waals surface area (Å²) in [5.41, 5.74) is 0.802. The van der Waals surface area contributed by atoms with Crippen LogP contribution in [-0.2, 0) is 0 Å². The third kappa shape index (κ3) is 5.19. The van der Waals surface area contributed by atoms with E-state index in [1.54, 1.807) is 0 Å². The van der Waals surface area contributed by atoms with Crippen LogP contribution in [0.25, 0.3) is 0 Å². The van der Waals surface area contributed by atoms with Gasteiger partial charge in [0, 0.05) is 0 Å². The highest BCUT2D eigenvalue weighted by Gasteiger charge is 2.24. The molecule has 0 saturated heterocycles. The summed E-state index contributed by atoms with van der Waals surface area (Å²) in [6.07, 6.45) is 9.85. The van der Waals surface area contributed by atoms with Gasteiger partial charge in [-0.05, 0) is 61.6 Å². The first-order chi connectivity index (χ1) is 11.2. The van der Waals surface area contributed by atoms with Gasteiger partial charge in [-0.25, -0.2) is 8.78 Å². The molecular formula is C20H30F2O. The van der Waals surface area contributed by atoms with Crippen LogP contribution >= 0.6 is 0 Å². The molecule has 0 aromatic heterocycles. The van der Waals surface area contributed by atoms with Crippen molar-refractivity contribution in [3.8, 4) is 5.75 Å². The molecule has 0 aliphatic heterocycles. The fourth-order valence-electron chi connectivity index (χ4n) is 3.67. The average Bonchev–Trinajstić information content (AvgIpc) is 2.54. The van der Waals surface area contributed by atoms with Gasteiger partial charge in [-0.15, -0.1) is 0 Å². The van der Waals surface area contributed by atoms with Gasteiger partial charge in [0.15, 0.2) is 17.4 Å². The second kappa shape index (κ2) is 9.24. The zero-order chi connectivity index (χ0) is 16.7. The van der Waals surface area contributed by atoms with Crippen LogP contribution in [0.5, 0.6) is 5.75 Å². The molecule has 0 spiro atoms. The Morgan fingerprint density at radius 2 is 1.61 bits per heavy atom. The van der Waals surface area contributed by atoms with Crippen LogP contribution in [0.4, 0.5) is 8.78 Å². The van der Waals surface area contributed by atoms with Crippen LogP contribution in [0.2, 0.25) is 0 Å². The maximum atomic E-state index is 14.2. The molecule has 2 rings (SSSR count). The van der Waals surface area contributed by atoms with Gasteiger partial charge >= 0.3 is 0 Å². The molecule has 0 unspecified atom stereocenters. The van der Waals surface area contributed by atoms with E-state index in [1.165, 1.54) is 37.8 Å². The minimum atomic E-state index is -0.549. The Balaban J connectivity index is 1.96. The monoisotopic (exact) mass is 324 g/mol. The molecule has 23 heavy (non-hydrogen) atoms. The summed E-state index contributed by atoms with van der Waals surface area (Å²) < 4.78 is 33.7. The number of halogens is 2. The summed E-state index contributed by atoms with van der Waals surface area (Å²) in [5, 5.41) is 0. The summed E-state index contributed by atoms with van der Waals surface area (Å²) in [7, 11) is 0. The van der Waals surface area contributed by atoms with Crippen molar-refractivity contribution in [2.45, 2.75) is 77.6 Å². The fraction of sp³-hybridized carbons (Fsp3) is 0.700. The van der Waals surface area contributed by atoms with Crippen LogP contribution in [0, 0.1) is 17.6 Å². The standard InChI is InChI=1S/C20H30F2O/c1-3-5-6-12-23-20-18(21)13-17(14-19(20)22)16-10-8-15(7-4-2)9-11-16/h13-16H,3-12H2,1-2H3/t15-,16-. The van der Waals surface area contributed by atoms with Crippen molar-refractivity contribution >= 4 is 0 Å². The lowest BCUT2D eigenvalue weighted by Gasteiger charge is -2.28. The van der Waals surface area contributed by atoms with Crippen molar-refractivity contribution in [2.24, 2.45) is 5.92 Å². The Bertz CT molecular complexity index is 456. The predicted molar refractivity (Wildman–Crippen MR) is 91.0 cm³/mol. The van der Waals surface area contributed by atoms with E-state index in [0.29, 0.717) is 12.5 Å². The highest BCUT2D eigenvalue weighted by Crippen LogP contribution is 2.39. The fourth-order valence-corrected chi connectivity index (χ4v) is 3.67. The third-order valence-corrected chi connectivity index (χ3v) is 5.03. The van der Waals surface area contributed by atoms with Crippen LogP contribution in [0.3, 0.4) is 0 Å². The number of hydrogen-bond donors (Lipinski definition) is 0. The maximum Gasteiger partial charge on any atom is 0.190 e. The molecule has 1 aliphatic carbocycles. The van der Waals surface area contributed by atoms with E-state index in [-0.39, 0.29) is 5.75 Å². The molecule has 0 bridgehead atoms. The quantitative estimate of drug-likeness (QED) is 0.489. The average molecular weight is 324 g/mol. The number of hydrogen-bond acceptors (Lipinski definition) is 1. The lowest BCUT2D eigenvalue weighted by atomic mass is 9.77. The molecule has 0 N–H and O–H groups in total. The number of unbranched alkanes of at least 4 members (excludes halogenated alkanes) is 2. The lowest BCUT2D eigenvalue weighted by molar-refractivity contribution is 0.274. The summed E-state index contributed by atoms with van der Waals surface area (Å²) >= 11 is 0. The zero-order valence-corrected chi connectivity index (χ0v) is 14.5. The molecule has 130 valence electrons. The molecule has 1 saturated carbocycles. The second-order valence-electron chi connectivity index (χ2n) is 6.88. The summed E-state index contributed by atoms with van der Waals surface area (Å²) in [6, 6.07) is 2.98. The number of benzene rings is 1. The highest BCUT2D eigenvalue weighted by molar-refractivity contribution is 5.33. The van der Waals surface area contributed by atoms with E-state index in [4.69, 9.17) is 4.74 Å². The van der Waals surface area contributed by atoms with Crippen molar-refractivity contribution in [1.82, 2.24) is 0 Å². The molecule has 3 heteroatoms. The normalized spacial score (nSPS) is 21.4. The van der Waals surface area contributed by atoms with E-state index < -0.39 is 11.6 Å². The molecule has 0 atom stereocenters. The Labute approximate surface area is 139 Å². The van der Waals surface area contributed by atoms with E-state index in [1.807, 2.05) is 0 Å². The Morgan fingerprint density at radius 3 is 2.17 bits per heavy atom.